The smallest absolute Gasteiger partial charge is 0.314 e. The first-order chi connectivity index (χ1) is 15.4. The highest BCUT2D eigenvalue weighted by Gasteiger charge is 2.21. The van der Waals surface area contributed by atoms with Gasteiger partial charge in [-0.25, -0.2) is 0 Å². The fourth-order valence-electron chi connectivity index (χ4n) is 4.10. The topological polar surface area (TPSA) is 77.6 Å². The first-order valence-electron chi connectivity index (χ1n) is 10.9. The van der Waals surface area contributed by atoms with Gasteiger partial charge in [0.05, 0.1) is 16.9 Å². The summed E-state index contributed by atoms with van der Waals surface area (Å²) in [7, 11) is 4.26. The number of hydrogen-bond acceptors (Lipinski definition) is 5. The van der Waals surface area contributed by atoms with Gasteiger partial charge in [-0.1, -0.05) is 18.2 Å². The van der Waals surface area contributed by atoms with Crippen LogP contribution in [0.1, 0.15) is 18.5 Å². The Balaban J connectivity index is 1.36. The van der Waals surface area contributed by atoms with Gasteiger partial charge in [0.15, 0.2) is 0 Å². The Bertz CT molecular complexity index is 1120. The number of fused-ring (bicyclic) bond motifs is 1. The monoisotopic (exact) mass is 431 g/mol. The lowest BCUT2D eigenvalue weighted by Crippen LogP contribution is -2.41. The maximum Gasteiger partial charge on any atom is 0.314 e. The standard InChI is InChI=1S/C25H29N5O2/c1-17-23(16-18-6-4-5-7-22(18)26-17)28-25(32)24(31)27-19-8-10-21(11-9-19)30-14-12-20(13-15-30)29(2)3/h4-11,16,20H,12-15H2,1-3H3,(H,27,31)(H,28,32). The molecule has 3 aromatic rings. The highest BCUT2D eigenvalue weighted by molar-refractivity contribution is 6.43. The molecule has 7 heteroatoms. The van der Waals surface area contributed by atoms with Crippen molar-refractivity contribution in [1.82, 2.24) is 9.88 Å². The normalized spacial score (nSPS) is 14.6. The summed E-state index contributed by atoms with van der Waals surface area (Å²) in [5, 5.41) is 6.25. The molecular weight excluding hydrogens is 402 g/mol. The lowest BCUT2D eigenvalue weighted by atomic mass is 10.0. The van der Waals surface area contributed by atoms with Crippen LogP contribution in [0.5, 0.6) is 0 Å². The minimum Gasteiger partial charge on any atom is -0.371 e. The molecule has 7 nitrogen and oxygen atoms in total. The Labute approximate surface area is 188 Å². The average molecular weight is 432 g/mol. The van der Waals surface area contributed by atoms with Gasteiger partial charge in [0.25, 0.3) is 0 Å². The van der Waals surface area contributed by atoms with Crippen LogP contribution in [0.2, 0.25) is 0 Å². The van der Waals surface area contributed by atoms with Crippen LogP contribution < -0.4 is 15.5 Å². The molecule has 2 N–H and O–H groups in total. The Kier molecular flexibility index (Phi) is 6.37. The molecule has 1 fully saturated rings. The number of benzene rings is 2. The Hall–Kier alpha value is -3.45. The molecule has 0 saturated carbocycles. The van der Waals surface area contributed by atoms with Crippen molar-refractivity contribution in [1.29, 1.82) is 0 Å². The van der Waals surface area contributed by atoms with E-state index in [-0.39, 0.29) is 0 Å². The summed E-state index contributed by atoms with van der Waals surface area (Å²) in [6, 6.07) is 17.8. The number of aryl methyl sites for hydroxylation is 1. The van der Waals surface area contributed by atoms with E-state index in [1.165, 1.54) is 0 Å². The summed E-state index contributed by atoms with van der Waals surface area (Å²) in [5.41, 5.74) is 3.75. The third-order valence-corrected chi connectivity index (χ3v) is 6.05. The zero-order chi connectivity index (χ0) is 22.7. The molecule has 2 amide bonds. The summed E-state index contributed by atoms with van der Waals surface area (Å²) in [5.74, 6) is -1.43. The second-order valence-corrected chi connectivity index (χ2v) is 8.45. The van der Waals surface area contributed by atoms with E-state index in [1.807, 2.05) is 54.6 Å². The highest BCUT2D eigenvalue weighted by Crippen LogP contribution is 2.24. The summed E-state index contributed by atoms with van der Waals surface area (Å²) in [4.78, 5) is 34.0. The highest BCUT2D eigenvalue weighted by atomic mass is 16.2. The van der Waals surface area contributed by atoms with Gasteiger partial charge in [0.2, 0.25) is 0 Å². The molecule has 1 saturated heterocycles. The van der Waals surface area contributed by atoms with Gasteiger partial charge in [0, 0.05) is 35.9 Å². The maximum atomic E-state index is 12.4. The zero-order valence-corrected chi connectivity index (χ0v) is 18.8. The van der Waals surface area contributed by atoms with Crippen molar-refractivity contribution in [2.75, 3.05) is 42.7 Å². The summed E-state index contributed by atoms with van der Waals surface area (Å²) in [6.07, 6.45) is 2.27. The number of carbonyl (C=O) groups excluding carboxylic acids is 2. The molecule has 32 heavy (non-hydrogen) atoms. The van der Waals surface area contributed by atoms with Gasteiger partial charge in [-0.05, 0) is 70.3 Å². The first kappa shape index (κ1) is 21.8. The molecule has 2 aromatic carbocycles. The fraction of sp³-hybridized carbons (Fsp3) is 0.320. The molecule has 1 aliphatic rings. The van der Waals surface area contributed by atoms with E-state index in [9.17, 15) is 9.59 Å². The summed E-state index contributed by atoms with van der Waals surface area (Å²) >= 11 is 0. The molecule has 4 rings (SSSR count). The van der Waals surface area contributed by atoms with Crippen molar-refractivity contribution < 1.29 is 9.59 Å². The number of nitrogens with zero attached hydrogens (tertiary/aromatic N) is 3. The van der Waals surface area contributed by atoms with E-state index >= 15 is 0 Å². The maximum absolute atomic E-state index is 12.4. The van der Waals surface area contributed by atoms with E-state index in [4.69, 9.17) is 0 Å². The number of piperidine rings is 1. The molecule has 166 valence electrons. The summed E-state index contributed by atoms with van der Waals surface area (Å²) < 4.78 is 0. The number of amides is 2. The fourth-order valence-corrected chi connectivity index (χ4v) is 4.10. The van der Waals surface area contributed by atoms with Crippen LogP contribution in [-0.4, -0.2) is 54.9 Å². The van der Waals surface area contributed by atoms with Crippen molar-refractivity contribution in [2.45, 2.75) is 25.8 Å². The number of carbonyl (C=O) groups is 2. The van der Waals surface area contributed by atoms with E-state index in [1.54, 1.807) is 6.92 Å². The third kappa shape index (κ3) is 4.89. The van der Waals surface area contributed by atoms with Crippen LogP contribution in [0.25, 0.3) is 10.9 Å². The molecule has 0 unspecified atom stereocenters. The van der Waals surface area contributed by atoms with E-state index < -0.39 is 11.8 Å². The SMILES string of the molecule is Cc1nc2ccccc2cc1NC(=O)C(=O)Nc1ccc(N2CCC(N(C)C)CC2)cc1. The number of aromatic nitrogens is 1. The van der Waals surface area contributed by atoms with E-state index in [2.05, 4.69) is 39.5 Å². The zero-order valence-electron chi connectivity index (χ0n) is 18.8. The van der Waals surface area contributed by atoms with Gasteiger partial charge in [-0.15, -0.1) is 0 Å². The number of nitrogens with one attached hydrogen (secondary N) is 2. The number of rotatable bonds is 4. The van der Waals surface area contributed by atoms with Crippen LogP contribution in [0, 0.1) is 6.92 Å². The van der Waals surface area contributed by atoms with Gasteiger partial charge >= 0.3 is 11.8 Å². The van der Waals surface area contributed by atoms with Crippen LogP contribution in [0.15, 0.2) is 54.6 Å². The molecule has 1 aromatic heterocycles. The predicted molar refractivity (Wildman–Crippen MR) is 129 cm³/mol. The molecular formula is C25H29N5O2. The number of anilines is 3. The van der Waals surface area contributed by atoms with Gasteiger partial charge in [-0.3, -0.25) is 14.6 Å². The minimum absolute atomic E-state index is 0.528. The average Bonchev–Trinajstić information content (AvgIpc) is 2.80. The molecule has 0 radical (unpaired) electrons. The van der Waals surface area contributed by atoms with Crippen LogP contribution in [0.3, 0.4) is 0 Å². The number of para-hydroxylation sites is 1. The van der Waals surface area contributed by atoms with Crippen molar-refractivity contribution in [3.63, 3.8) is 0 Å². The number of pyridine rings is 1. The molecule has 1 aliphatic heterocycles. The molecule has 0 atom stereocenters. The minimum atomic E-state index is -0.722. The third-order valence-electron chi connectivity index (χ3n) is 6.05. The van der Waals surface area contributed by atoms with Crippen LogP contribution >= 0.6 is 0 Å². The van der Waals surface area contributed by atoms with E-state index in [0.717, 1.165) is 42.5 Å². The molecule has 0 spiro atoms. The van der Waals surface area contributed by atoms with Gasteiger partial charge < -0.3 is 20.4 Å². The molecule has 0 aliphatic carbocycles. The van der Waals surface area contributed by atoms with Crippen LogP contribution in [0.4, 0.5) is 17.1 Å². The Morgan fingerprint density at radius 3 is 2.31 bits per heavy atom. The molecule has 0 bridgehead atoms. The van der Waals surface area contributed by atoms with E-state index in [0.29, 0.717) is 23.1 Å². The summed E-state index contributed by atoms with van der Waals surface area (Å²) in [6.45, 7) is 3.83. The predicted octanol–water partition coefficient (Wildman–Crippen LogP) is 3.65. The quantitative estimate of drug-likeness (QED) is 0.617. The second kappa shape index (κ2) is 9.36. The van der Waals surface area contributed by atoms with Crippen molar-refractivity contribution in [2.24, 2.45) is 0 Å². The Morgan fingerprint density at radius 2 is 1.62 bits per heavy atom. The largest absolute Gasteiger partial charge is 0.371 e. The van der Waals surface area contributed by atoms with Gasteiger partial charge in [0.1, 0.15) is 0 Å². The first-order valence-corrected chi connectivity index (χ1v) is 10.9. The van der Waals surface area contributed by atoms with Crippen molar-refractivity contribution in [3.8, 4) is 0 Å². The lowest BCUT2D eigenvalue weighted by Gasteiger charge is -2.36. The molecule has 2 heterocycles. The van der Waals surface area contributed by atoms with Crippen molar-refractivity contribution in [3.05, 3.63) is 60.3 Å². The Morgan fingerprint density at radius 1 is 0.969 bits per heavy atom. The lowest BCUT2D eigenvalue weighted by molar-refractivity contribution is -0.133. The second-order valence-electron chi connectivity index (χ2n) is 8.45. The van der Waals surface area contributed by atoms with Gasteiger partial charge in [-0.2, -0.15) is 0 Å². The number of hydrogen-bond donors (Lipinski definition) is 2. The van der Waals surface area contributed by atoms with Crippen LogP contribution in [-0.2, 0) is 9.59 Å². The van der Waals surface area contributed by atoms with Crippen molar-refractivity contribution >= 4 is 39.8 Å².